The highest BCUT2D eigenvalue weighted by molar-refractivity contribution is 5.94. The number of carbonyl (C=O) groups excluding carboxylic acids is 1. The van der Waals surface area contributed by atoms with Crippen molar-refractivity contribution in [2.24, 2.45) is 0 Å². The Balaban J connectivity index is 1.71. The number of unbranched alkanes of at least 4 members (excludes halogenated alkanes) is 1. The summed E-state index contributed by atoms with van der Waals surface area (Å²) in [6, 6.07) is 20.1. The zero-order valence-electron chi connectivity index (χ0n) is 19.4. The molecule has 0 fully saturated rings. The van der Waals surface area contributed by atoms with Crippen molar-refractivity contribution >= 4 is 5.91 Å². The number of aromatic nitrogens is 1. The predicted octanol–water partition coefficient (Wildman–Crippen LogP) is 5.31. The molecule has 3 rings (SSSR count). The van der Waals surface area contributed by atoms with E-state index in [1.165, 1.54) is 11.1 Å². The van der Waals surface area contributed by atoms with Crippen LogP contribution in [0, 0.1) is 6.92 Å². The second-order valence-corrected chi connectivity index (χ2v) is 8.06. The van der Waals surface area contributed by atoms with Crippen LogP contribution in [0.25, 0.3) is 0 Å². The average Bonchev–Trinajstić information content (AvgIpc) is 3.23. The van der Waals surface area contributed by atoms with Gasteiger partial charge in [0.05, 0.1) is 19.8 Å². The lowest BCUT2D eigenvalue weighted by atomic mass is 10.1. The molecule has 0 aliphatic rings. The van der Waals surface area contributed by atoms with Crippen LogP contribution in [0.3, 0.4) is 0 Å². The van der Waals surface area contributed by atoms with Crippen molar-refractivity contribution < 1.29 is 14.3 Å². The zero-order valence-corrected chi connectivity index (χ0v) is 19.4. The van der Waals surface area contributed by atoms with Crippen molar-refractivity contribution in [3.63, 3.8) is 0 Å². The van der Waals surface area contributed by atoms with Gasteiger partial charge in [0.15, 0.2) is 0 Å². The summed E-state index contributed by atoms with van der Waals surface area (Å²) in [6.07, 6.45) is 4.18. The maximum absolute atomic E-state index is 13.3. The molecule has 0 aliphatic heterocycles. The molecule has 2 aromatic carbocycles. The molecule has 0 radical (unpaired) electrons. The summed E-state index contributed by atoms with van der Waals surface area (Å²) < 4.78 is 13.2. The Hall–Kier alpha value is -3.05. The van der Waals surface area contributed by atoms with Gasteiger partial charge in [-0.15, -0.1) is 0 Å². The number of carbonyl (C=O) groups is 1. The molecule has 0 saturated heterocycles. The molecular weight excluding hydrogens is 400 g/mol. The minimum Gasteiger partial charge on any atom is -0.494 e. The van der Waals surface area contributed by atoms with Gasteiger partial charge in [-0.3, -0.25) is 4.79 Å². The number of rotatable bonds is 12. The quantitative estimate of drug-likeness (QED) is 0.363. The van der Waals surface area contributed by atoms with Gasteiger partial charge in [-0.1, -0.05) is 43.2 Å². The molecule has 0 atom stereocenters. The predicted molar refractivity (Wildman–Crippen MR) is 128 cm³/mol. The second kappa shape index (κ2) is 12.1. The lowest BCUT2D eigenvalue weighted by Crippen LogP contribution is -2.34. The maximum atomic E-state index is 13.3. The molecule has 32 heavy (non-hydrogen) atoms. The number of hydrogen-bond acceptors (Lipinski definition) is 3. The minimum absolute atomic E-state index is 0.00883. The van der Waals surface area contributed by atoms with Gasteiger partial charge in [0.1, 0.15) is 5.75 Å². The molecular formula is C27H34N2O3. The van der Waals surface area contributed by atoms with Crippen LogP contribution in [0.1, 0.15) is 46.9 Å². The van der Waals surface area contributed by atoms with Crippen molar-refractivity contribution in [3.05, 3.63) is 89.2 Å². The zero-order chi connectivity index (χ0) is 22.8. The normalized spacial score (nSPS) is 10.8. The summed E-state index contributed by atoms with van der Waals surface area (Å²) in [7, 11) is 1.66. The highest BCUT2D eigenvalue weighted by Crippen LogP contribution is 2.17. The molecule has 0 aliphatic carbocycles. The standard InChI is InChI=1S/C27H34N2O3/c1-4-5-17-32-26-13-11-24(12-14-26)27(30)29(16-18-31-3)21-25-10-7-15-28(25)20-23-9-6-8-22(2)19-23/h6-15,19H,4-5,16-18,20-21H2,1-3H3. The molecule has 1 heterocycles. The number of methoxy groups -OCH3 is 1. The smallest absolute Gasteiger partial charge is 0.254 e. The lowest BCUT2D eigenvalue weighted by Gasteiger charge is -2.24. The fraction of sp³-hybridized carbons (Fsp3) is 0.370. The van der Waals surface area contributed by atoms with E-state index in [9.17, 15) is 4.79 Å². The van der Waals surface area contributed by atoms with E-state index in [0.29, 0.717) is 31.9 Å². The molecule has 0 saturated carbocycles. The van der Waals surface area contributed by atoms with E-state index in [2.05, 4.69) is 54.9 Å². The first-order valence-corrected chi connectivity index (χ1v) is 11.3. The number of amides is 1. The van der Waals surface area contributed by atoms with E-state index in [4.69, 9.17) is 9.47 Å². The van der Waals surface area contributed by atoms with Gasteiger partial charge in [0.25, 0.3) is 5.91 Å². The first-order chi connectivity index (χ1) is 15.6. The molecule has 5 heteroatoms. The van der Waals surface area contributed by atoms with Gasteiger partial charge < -0.3 is 18.9 Å². The third-order valence-electron chi connectivity index (χ3n) is 5.43. The Kier molecular flexibility index (Phi) is 8.93. The topological polar surface area (TPSA) is 43.7 Å². The summed E-state index contributed by atoms with van der Waals surface area (Å²) in [4.78, 5) is 15.1. The van der Waals surface area contributed by atoms with Crippen LogP contribution in [0.4, 0.5) is 0 Å². The van der Waals surface area contributed by atoms with Crippen LogP contribution in [-0.2, 0) is 17.8 Å². The summed E-state index contributed by atoms with van der Waals surface area (Å²) in [5.74, 6) is 0.788. The van der Waals surface area contributed by atoms with E-state index >= 15 is 0 Å². The van der Waals surface area contributed by atoms with Crippen molar-refractivity contribution in [2.45, 2.75) is 39.8 Å². The summed E-state index contributed by atoms with van der Waals surface area (Å²) >= 11 is 0. The lowest BCUT2D eigenvalue weighted by molar-refractivity contribution is 0.0676. The van der Waals surface area contributed by atoms with Crippen molar-refractivity contribution in [1.29, 1.82) is 0 Å². The number of ether oxygens (including phenoxy) is 2. The van der Waals surface area contributed by atoms with Gasteiger partial charge in [-0.2, -0.15) is 0 Å². The molecule has 0 N–H and O–H groups in total. The molecule has 1 aromatic heterocycles. The second-order valence-electron chi connectivity index (χ2n) is 8.06. The van der Waals surface area contributed by atoms with E-state index in [-0.39, 0.29) is 5.91 Å². The Bertz CT molecular complexity index is 979. The highest BCUT2D eigenvalue weighted by Gasteiger charge is 2.18. The highest BCUT2D eigenvalue weighted by atomic mass is 16.5. The monoisotopic (exact) mass is 434 g/mol. The third-order valence-corrected chi connectivity index (χ3v) is 5.43. The summed E-state index contributed by atoms with van der Waals surface area (Å²) in [5, 5.41) is 0. The fourth-order valence-corrected chi connectivity index (χ4v) is 3.61. The summed E-state index contributed by atoms with van der Waals surface area (Å²) in [6.45, 7) is 7.25. The van der Waals surface area contributed by atoms with Gasteiger partial charge in [-0.05, 0) is 55.3 Å². The molecule has 0 spiro atoms. The Morgan fingerprint density at radius 1 is 1.03 bits per heavy atom. The van der Waals surface area contributed by atoms with E-state index < -0.39 is 0 Å². The van der Waals surface area contributed by atoms with Gasteiger partial charge in [0, 0.05) is 37.7 Å². The van der Waals surface area contributed by atoms with E-state index in [1.807, 2.05) is 35.2 Å². The van der Waals surface area contributed by atoms with Crippen LogP contribution in [0.2, 0.25) is 0 Å². The largest absolute Gasteiger partial charge is 0.494 e. The molecule has 0 unspecified atom stereocenters. The van der Waals surface area contributed by atoms with Gasteiger partial charge in [0.2, 0.25) is 0 Å². The van der Waals surface area contributed by atoms with Crippen LogP contribution < -0.4 is 4.74 Å². The fourth-order valence-electron chi connectivity index (χ4n) is 3.61. The van der Waals surface area contributed by atoms with Crippen molar-refractivity contribution in [3.8, 4) is 5.75 Å². The molecule has 3 aromatic rings. The number of hydrogen-bond donors (Lipinski definition) is 0. The average molecular weight is 435 g/mol. The van der Waals surface area contributed by atoms with Crippen LogP contribution >= 0.6 is 0 Å². The maximum Gasteiger partial charge on any atom is 0.254 e. The molecule has 0 bridgehead atoms. The molecule has 170 valence electrons. The van der Waals surface area contributed by atoms with Crippen molar-refractivity contribution in [2.75, 3.05) is 26.9 Å². The Labute approximate surface area is 191 Å². The van der Waals surface area contributed by atoms with Crippen molar-refractivity contribution in [1.82, 2.24) is 9.47 Å². The summed E-state index contributed by atoms with van der Waals surface area (Å²) in [5.41, 5.74) is 4.24. The molecule has 1 amide bonds. The third kappa shape index (κ3) is 6.72. The first-order valence-electron chi connectivity index (χ1n) is 11.3. The van der Waals surface area contributed by atoms with Gasteiger partial charge >= 0.3 is 0 Å². The number of benzene rings is 2. The Morgan fingerprint density at radius 2 is 1.84 bits per heavy atom. The van der Waals surface area contributed by atoms with Crippen LogP contribution in [0.5, 0.6) is 5.75 Å². The number of aryl methyl sites for hydroxylation is 1. The number of nitrogens with zero attached hydrogens (tertiary/aromatic N) is 2. The van der Waals surface area contributed by atoms with Gasteiger partial charge in [-0.25, -0.2) is 0 Å². The molecule has 5 nitrogen and oxygen atoms in total. The van der Waals surface area contributed by atoms with E-state index in [1.54, 1.807) is 7.11 Å². The SMILES string of the molecule is CCCCOc1ccc(C(=O)N(CCOC)Cc2cccn2Cc2cccc(C)c2)cc1. The Morgan fingerprint density at radius 3 is 2.56 bits per heavy atom. The van der Waals surface area contributed by atoms with Crippen LogP contribution in [0.15, 0.2) is 66.9 Å². The van der Waals surface area contributed by atoms with Crippen LogP contribution in [-0.4, -0.2) is 42.2 Å². The first kappa shape index (κ1) is 23.6. The minimum atomic E-state index is -0.00883. The van der Waals surface area contributed by atoms with E-state index in [0.717, 1.165) is 30.8 Å².